The molecular weight excluding hydrogens is 227 g/mol. The Bertz CT molecular complexity index is 332. The standard InChI is InChI=1S/C9H8Cl2O3/c1-6-2-4-7(5-3-6)14-9(10,11)8(12)13/h2-5H,1H3,(H,12,13). The second kappa shape index (κ2) is 4.07. The van der Waals surface area contributed by atoms with Crippen molar-refractivity contribution >= 4 is 29.2 Å². The third-order valence-electron chi connectivity index (χ3n) is 1.52. The zero-order valence-corrected chi connectivity index (χ0v) is 8.84. The minimum absolute atomic E-state index is 0.308. The van der Waals surface area contributed by atoms with Gasteiger partial charge in [-0.1, -0.05) is 17.7 Å². The molecule has 1 N–H and O–H groups in total. The molecule has 5 heteroatoms. The van der Waals surface area contributed by atoms with Crippen LogP contribution in [0.4, 0.5) is 0 Å². The monoisotopic (exact) mass is 234 g/mol. The number of benzene rings is 1. The number of hydrogen-bond donors (Lipinski definition) is 1. The second-order valence-electron chi connectivity index (χ2n) is 2.74. The Labute approximate surface area is 91.2 Å². The highest BCUT2D eigenvalue weighted by molar-refractivity contribution is 6.56. The van der Waals surface area contributed by atoms with Crippen molar-refractivity contribution in [3.8, 4) is 5.75 Å². The number of carbonyl (C=O) groups is 1. The molecule has 0 atom stereocenters. The van der Waals surface area contributed by atoms with Gasteiger partial charge in [-0.15, -0.1) is 0 Å². The van der Waals surface area contributed by atoms with Crippen molar-refractivity contribution in [2.45, 2.75) is 11.4 Å². The molecule has 1 aromatic rings. The lowest BCUT2D eigenvalue weighted by atomic mass is 10.2. The molecule has 76 valence electrons. The molecule has 14 heavy (non-hydrogen) atoms. The summed E-state index contributed by atoms with van der Waals surface area (Å²) in [4.78, 5) is 10.5. The van der Waals surface area contributed by atoms with E-state index in [4.69, 9.17) is 33.0 Å². The van der Waals surface area contributed by atoms with Gasteiger partial charge in [-0.2, -0.15) is 0 Å². The predicted molar refractivity (Wildman–Crippen MR) is 53.9 cm³/mol. The molecule has 0 radical (unpaired) electrons. The third kappa shape index (κ3) is 2.79. The van der Waals surface area contributed by atoms with E-state index in [1.54, 1.807) is 24.3 Å². The fraction of sp³-hybridized carbons (Fsp3) is 0.222. The molecule has 3 nitrogen and oxygen atoms in total. The van der Waals surface area contributed by atoms with E-state index >= 15 is 0 Å². The summed E-state index contributed by atoms with van der Waals surface area (Å²) in [5.41, 5.74) is 1.03. The first-order valence-corrected chi connectivity index (χ1v) is 4.54. The SMILES string of the molecule is Cc1ccc(OC(Cl)(Cl)C(=O)O)cc1. The van der Waals surface area contributed by atoms with Gasteiger partial charge in [0.1, 0.15) is 5.75 Å². The maximum Gasteiger partial charge on any atom is 0.381 e. The number of aliphatic carboxylic acids is 1. The van der Waals surface area contributed by atoms with Gasteiger partial charge in [0, 0.05) is 0 Å². The van der Waals surface area contributed by atoms with E-state index in [9.17, 15) is 4.79 Å². The van der Waals surface area contributed by atoms with Crippen LogP contribution in [0.1, 0.15) is 5.56 Å². The van der Waals surface area contributed by atoms with E-state index in [0.717, 1.165) is 5.56 Å². The van der Waals surface area contributed by atoms with Gasteiger partial charge < -0.3 is 9.84 Å². The van der Waals surface area contributed by atoms with Crippen LogP contribution in [0.25, 0.3) is 0 Å². The van der Waals surface area contributed by atoms with E-state index in [0.29, 0.717) is 5.75 Å². The summed E-state index contributed by atoms with van der Waals surface area (Å²) in [7, 11) is 0. The molecule has 0 amide bonds. The largest absolute Gasteiger partial charge is 0.476 e. The molecule has 1 rings (SSSR count). The van der Waals surface area contributed by atoms with Gasteiger partial charge in [-0.3, -0.25) is 0 Å². The summed E-state index contributed by atoms with van der Waals surface area (Å²) in [6.07, 6.45) is 0. The minimum atomic E-state index is -2.24. The number of aryl methyl sites for hydroxylation is 1. The van der Waals surface area contributed by atoms with Crippen LogP contribution >= 0.6 is 23.2 Å². The molecule has 0 saturated heterocycles. The first kappa shape index (κ1) is 11.1. The molecule has 0 aliphatic rings. The number of carboxylic acid groups (broad SMARTS) is 1. The lowest BCUT2D eigenvalue weighted by Crippen LogP contribution is -2.32. The highest BCUT2D eigenvalue weighted by Gasteiger charge is 2.36. The first-order chi connectivity index (χ1) is 6.42. The van der Waals surface area contributed by atoms with Crippen LogP contribution in [0.15, 0.2) is 24.3 Å². The fourth-order valence-electron chi connectivity index (χ4n) is 0.798. The van der Waals surface area contributed by atoms with Crippen molar-refractivity contribution < 1.29 is 14.6 Å². The Balaban J connectivity index is 2.79. The number of alkyl halides is 2. The van der Waals surface area contributed by atoms with Gasteiger partial charge in [0.05, 0.1) is 0 Å². The normalized spacial score (nSPS) is 11.1. The summed E-state index contributed by atoms with van der Waals surface area (Å²) in [5.74, 6) is -1.13. The molecule has 0 saturated carbocycles. The predicted octanol–water partition coefficient (Wildman–Crippen LogP) is 2.59. The Kier molecular flexibility index (Phi) is 3.24. The first-order valence-electron chi connectivity index (χ1n) is 3.79. The topological polar surface area (TPSA) is 46.5 Å². The highest BCUT2D eigenvalue weighted by Crippen LogP contribution is 2.26. The van der Waals surface area contributed by atoms with Crippen LogP contribution < -0.4 is 4.74 Å². The zero-order chi connectivity index (χ0) is 10.8. The van der Waals surface area contributed by atoms with Crippen LogP contribution in [-0.2, 0) is 4.79 Å². The molecule has 0 unspecified atom stereocenters. The van der Waals surface area contributed by atoms with E-state index in [1.165, 1.54) is 0 Å². The highest BCUT2D eigenvalue weighted by atomic mass is 35.5. The van der Waals surface area contributed by atoms with Gasteiger partial charge >= 0.3 is 10.5 Å². The van der Waals surface area contributed by atoms with Crippen molar-refractivity contribution in [1.82, 2.24) is 0 Å². The van der Waals surface area contributed by atoms with Crippen LogP contribution in [0.2, 0.25) is 0 Å². The van der Waals surface area contributed by atoms with E-state index in [1.807, 2.05) is 6.92 Å². The smallest absolute Gasteiger partial charge is 0.381 e. The molecule has 0 aliphatic carbocycles. The van der Waals surface area contributed by atoms with Crippen LogP contribution in [0.3, 0.4) is 0 Å². The fourth-order valence-corrected chi connectivity index (χ4v) is 0.976. The molecule has 0 spiro atoms. The average molecular weight is 235 g/mol. The van der Waals surface area contributed by atoms with Crippen molar-refractivity contribution in [3.63, 3.8) is 0 Å². The molecular formula is C9H8Cl2O3. The van der Waals surface area contributed by atoms with Gasteiger partial charge in [-0.25, -0.2) is 4.79 Å². The quantitative estimate of drug-likeness (QED) is 0.819. The van der Waals surface area contributed by atoms with E-state index in [2.05, 4.69) is 0 Å². The van der Waals surface area contributed by atoms with Crippen molar-refractivity contribution in [3.05, 3.63) is 29.8 Å². The summed E-state index contributed by atoms with van der Waals surface area (Å²) >= 11 is 10.8. The van der Waals surface area contributed by atoms with E-state index in [-0.39, 0.29) is 0 Å². The molecule has 0 fully saturated rings. The summed E-state index contributed by atoms with van der Waals surface area (Å²) in [6.45, 7) is 1.90. The average Bonchev–Trinajstić information content (AvgIpc) is 2.08. The Hall–Kier alpha value is -0.930. The maximum atomic E-state index is 10.5. The minimum Gasteiger partial charge on any atom is -0.476 e. The molecule has 0 aliphatic heterocycles. The Morgan fingerprint density at radius 2 is 1.86 bits per heavy atom. The number of ether oxygens (including phenoxy) is 1. The molecule has 0 aromatic heterocycles. The van der Waals surface area contributed by atoms with Gasteiger partial charge in [0.2, 0.25) is 0 Å². The number of hydrogen-bond acceptors (Lipinski definition) is 2. The second-order valence-corrected chi connectivity index (χ2v) is 4.00. The molecule has 0 heterocycles. The van der Waals surface area contributed by atoms with Gasteiger partial charge in [-0.05, 0) is 42.3 Å². The van der Waals surface area contributed by atoms with Crippen molar-refractivity contribution in [2.24, 2.45) is 0 Å². The van der Waals surface area contributed by atoms with Gasteiger partial charge in [0.25, 0.3) is 0 Å². The molecule has 1 aromatic carbocycles. The molecule has 0 bridgehead atoms. The Morgan fingerprint density at radius 3 is 2.29 bits per heavy atom. The van der Waals surface area contributed by atoms with Crippen LogP contribution in [-0.4, -0.2) is 15.6 Å². The maximum absolute atomic E-state index is 10.5. The summed E-state index contributed by atoms with van der Waals surface area (Å²) in [5, 5.41) is 8.57. The lowest BCUT2D eigenvalue weighted by molar-refractivity contribution is -0.143. The number of rotatable bonds is 3. The summed E-state index contributed by atoms with van der Waals surface area (Å²) < 4.78 is 2.61. The third-order valence-corrected chi connectivity index (χ3v) is 1.99. The Morgan fingerprint density at radius 1 is 1.36 bits per heavy atom. The number of halogens is 2. The zero-order valence-electron chi connectivity index (χ0n) is 7.33. The van der Waals surface area contributed by atoms with Gasteiger partial charge in [0.15, 0.2) is 0 Å². The van der Waals surface area contributed by atoms with Crippen molar-refractivity contribution in [1.29, 1.82) is 0 Å². The van der Waals surface area contributed by atoms with Crippen molar-refractivity contribution in [2.75, 3.05) is 0 Å². The summed E-state index contributed by atoms with van der Waals surface area (Å²) in [6, 6.07) is 6.72. The van der Waals surface area contributed by atoms with Crippen LogP contribution in [0, 0.1) is 6.92 Å². The van der Waals surface area contributed by atoms with E-state index < -0.39 is 10.5 Å². The number of carboxylic acids is 1. The lowest BCUT2D eigenvalue weighted by Gasteiger charge is -2.16. The van der Waals surface area contributed by atoms with Crippen LogP contribution in [0.5, 0.6) is 5.75 Å².